The normalized spacial score (nSPS) is 16.5. The number of amides is 2. The van der Waals surface area contributed by atoms with Crippen molar-refractivity contribution in [2.75, 3.05) is 39.2 Å². The zero-order valence-corrected chi connectivity index (χ0v) is 27.4. The van der Waals surface area contributed by atoms with Gasteiger partial charge in [0.15, 0.2) is 0 Å². The third-order valence-electron chi connectivity index (χ3n) is 8.65. The minimum Gasteiger partial charge on any atom is -0.481 e. The van der Waals surface area contributed by atoms with Crippen molar-refractivity contribution in [1.82, 2.24) is 30.5 Å². The summed E-state index contributed by atoms with van der Waals surface area (Å²) in [6.07, 6.45) is 5.14. The molecule has 0 radical (unpaired) electrons. The van der Waals surface area contributed by atoms with Crippen LogP contribution in [0.25, 0.3) is 22.5 Å². The van der Waals surface area contributed by atoms with Gasteiger partial charge in [0.25, 0.3) is 5.91 Å². The van der Waals surface area contributed by atoms with Crippen LogP contribution in [-0.4, -0.2) is 77.7 Å². The number of nitrogens with zero attached hydrogens (tertiary/aromatic N) is 4. The number of methoxy groups -OCH3 is 2. The second kappa shape index (κ2) is 14.6. The molecule has 2 aliphatic rings. The molecule has 12 heteroatoms. The number of likely N-dealkylation sites (tertiary alicyclic amines) is 1. The number of hydrogen-bond donors (Lipinski definition) is 3. The van der Waals surface area contributed by atoms with Crippen molar-refractivity contribution in [3.8, 4) is 28.4 Å². The fourth-order valence-corrected chi connectivity index (χ4v) is 6.21. The minimum atomic E-state index is -0.299. The second-order valence-corrected chi connectivity index (χ2v) is 12.2. The fraction of sp³-hybridized carbons (Fsp3) is 0.343. The van der Waals surface area contributed by atoms with Gasteiger partial charge in [-0.15, -0.1) is 0 Å². The molecule has 2 amide bonds. The molecule has 0 bridgehead atoms. The fourth-order valence-electron chi connectivity index (χ4n) is 5.90. The Kier molecular flexibility index (Phi) is 10.1. The van der Waals surface area contributed by atoms with E-state index in [0.717, 1.165) is 48.3 Å². The maximum atomic E-state index is 13.2. The first kappa shape index (κ1) is 32.5. The van der Waals surface area contributed by atoms with Crippen LogP contribution in [0.5, 0.6) is 5.88 Å². The van der Waals surface area contributed by atoms with Gasteiger partial charge in [0, 0.05) is 87.1 Å². The predicted octanol–water partition coefficient (Wildman–Crippen LogP) is 4.63. The monoisotopic (exact) mass is 655 g/mol. The number of hydrogen-bond acceptors (Lipinski definition) is 9. The molecular weight excluding hydrogens is 618 g/mol. The van der Waals surface area contributed by atoms with Crippen molar-refractivity contribution in [3.05, 3.63) is 88.3 Å². The van der Waals surface area contributed by atoms with Gasteiger partial charge >= 0.3 is 0 Å². The summed E-state index contributed by atoms with van der Waals surface area (Å²) in [7, 11) is 3.32. The molecule has 11 nitrogen and oxygen atoms in total. The van der Waals surface area contributed by atoms with E-state index in [-0.39, 0.29) is 17.9 Å². The molecule has 2 saturated heterocycles. The molecule has 3 N–H and O–H groups in total. The van der Waals surface area contributed by atoms with Crippen LogP contribution in [0.2, 0.25) is 5.02 Å². The number of pyridine rings is 3. The van der Waals surface area contributed by atoms with Crippen LogP contribution in [0, 0.1) is 6.92 Å². The first-order valence-corrected chi connectivity index (χ1v) is 16.0. The number of carbonyl (C=O) groups is 2. The second-order valence-electron chi connectivity index (χ2n) is 11.9. The number of ether oxygens (including phenoxy) is 2. The molecule has 244 valence electrons. The van der Waals surface area contributed by atoms with Crippen LogP contribution in [0.1, 0.15) is 40.0 Å². The number of benzene rings is 1. The van der Waals surface area contributed by atoms with Crippen molar-refractivity contribution in [3.63, 3.8) is 0 Å². The highest BCUT2D eigenvalue weighted by atomic mass is 35.5. The lowest BCUT2D eigenvalue weighted by Gasteiger charge is -2.38. The summed E-state index contributed by atoms with van der Waals surface area (Å²) in [5, 5.41) is 9.79. The molecule has 3 aromatic heterocycles. The summed E-state index contributed by atoms with van der Waals surface area (Å²) in [6, 6.07) is 15.1. The van der Waals surface area contributed by atoms with Crippen molar-refractivity contribution >= 4 is 29.1 Å². The number of nitrogens with one attached hydrogen (secondary N) is 3. The first-order valence-electron chi connectivity index (χ1n) is 15.6. The third-order valence-corrected chi connectivity index (χ3v) is 9.03. The topological polar surface area (TPSA) is 131 Å². The van der Waals surface area contributed by atoms with Gasteiger partial charge in [0.2, 0.25) is 11.8 Å². The number of aromatic nitrogens is 3. The van der Waals surface area contributed by atoms with Gasteiger partial charge in [0.05, 0.1) is 29.6 Å². The molecular formula is C35H38ClN7O4. The van der Waals surface area contributed by atoms with Crippen LogP contribution < -0.4 is 20.7 Å². The quantitative estimate of drug-likeness (QED) is 0.200. The van der Waals surface area contributed by atoms with E-state index in [1.54, 1.807) is 32.7 Å². The minimum absolute atomic E-state index is 0.0959. The number of anilines is 1. The molecule has 1 atom stereocenters. The highest BCUT2D eigenvalue weighted by Crippen LogP contribution is 2.38. The zero-order valence-electron chi connectivity index (χ0n) is 26.7. The van der Waals surface area contributed by atoms with Crippen molar-refractivity contribution in [2.45, 2.75) is 45.0 Å². The lowest BCUT2D eigenvalue weighted by Crippen LogP contribution is -2.50. The Morgan fingerprint density at radius 1 is 1.09 bits per heavy atom. The van der Waals surface area contributed by atoms with Gasteiger partial charge in [-0.1, -0.05) is 35.9 Å². The van der Waals surface area contributed by atoms with E-state index in [0.29, 0.717) is 64.8 Å². The summed E-state index contributed by atoms with van der Waals surface area (Å²) >= 11 is 6.99. The van der Waals surface area contributed by atoms with Crippen LogP contribution >= 0.6 is 11.6 Å². The van der Waals surface area contributed by atoms with Crippen LogP contribution in [0.15, 0.2) is 60.9 Å². The smallest absolute Gasteiger partial charge is 0.274 e. The Morgan fingerprint density at radius 3 is 2.66 bits per heavy atom. The molecule has 0 saturated carbocycles. The maximum Gasteiger partial charge on any atom is 0.274 e. The van der Waals surface area contributed by atoms with Gasteiger partial charge in [0.1, 0.15) is 5.69 Å². The van der Waals surface area contributed by atoms with Gasteiger partial charge in [-0.25, -0.2) is 4.98 Å². The lowest BCUT2D eigenvalue weighted by molar-refractivity contribution is -0.119. The van der Waals surface area contributed by atoms with E-state index < -0.39 is 0 Å². The molecule has 0 aliphatic carbocycles. The van der Waals surface area contributed by atoms with Crippen LogP contribution in [0.4, 0.5) is 5.69 Å². The molecule has 1 unspecified atom stereocenters. The van der Waals surface area contributed by atoms with E-state index in [4.69, 9.17) is 26.1 Å². The molecule has 5 heterocycles. The van der Waals surface area contributed by atoms with E-state index in [9.17, 15) is 9.59 Å². The van der Waals surface area contributed by atoms with Crippen molar-refractivity contribution < 1.29 is 19.1 Å². The van der Waals surface area contributed by atoms with Gasteiger partial charge in [-0.3, -0.25) is 24.5 Å². The van der Waals surface area contributed by atoms with Gasteiger partial charge in [-0.05, 0) is 48.7 Å². The maximum absolute atomic E-state index is 13.2. The van der Waals surface area contributed by atoms with Gasteiger partial charge in [-0.2, -0.15) is 0 Å². The molecule has 1 aromatic carbocycles. The number of carbonyl (C=O) groups excluding carboxylic acids is 2. The summed E-state index contributed by atoms with van der Waals surface area (Å²) < 4.78 is 11.0. The molecule has 0 spiro atoms. The average molecular weight is 656 g/mol. The number of rotatable bonds is 12. The van der Waals surface area contributed by atoms with Gasteiger partial charge < -0.3 is 25.4 Å². The lowest BCUT2D eigenvalue weighted by atomic mass is 10.0. The molecule has 47 heavy (non-hydrogen) atoms. The first-order chi connectivity index (χ1) is 22.8. The Morgan fingerprint density at radius 2 is 1.94 bits per heavy atom. The molecule has 2 aliphatic heterocycles. The molecule has 6 rings (SSSR count). The van der Waals surface area contributed by atoms with Crippen molar-refractivity contribution in [1.29, 1.82) is 0 Å². The highest BCUT2D eigenvalue weighted by molar-refractivity contribution is 6.35. The molecule has 2 fully saturated rings. The number of halogens is 1. The van der Waals surface area contributed by atoms with E-state index in [2.05, 4.69) is 30.8 Å². The van der Waals surface area contributed by atoms with E-state index >= 15 is 0 Å². The Labute approximate surface area is 279 Å². The third kappa shape index (κ3) is 7.44. The van der Waals surface area contributed by atoms with E-state index in [1.165, 1.54) is 0 Å². The summed E-state index contributed by atoms with van der Waals surface area (Å²) in [6.45, 7) is 5.71. The van der Waals surface area contributed by atoms with E-state index in [1.807, 2.05) is 49.4 Å². The Bertz CT molecular complexity index is 1760. The largest absolute Gasteiger partial charge is 0.481 e. The van der Waals surface area contributed by atoms with Crippen molar-refractivity contribution in [2.24, 2.45) is 0 Å². The predicted molar refractivity (Wildman–Crippen MR) is 180 cm³/mol. The van der Waals surface area contributed by atoms with Crippen LogP contribution in [0.3, 0.4) is 0 Å². The summed E-state index contributed by atoms with van der Waals surface area (Å²) in [5.74, 6) is 0.285. The molecule has 4 aromatic rings. The van der Waals surface area contributed by atoms with Crippen LogP contribution in [-0.2, 0) is 22.6 Å². The highest BCUT2D eigenvalue weighted by Gasteiger charge is 2.26. The standard InChI is InChI=1S/C35H38ClN7O4/c1-21-26(5-4-6-28(21)41-34(45)30-10-7-22(15-39-30)18-43-19-25(20-43)46-2)33-32(36)27(13-14-38-33)29-11-8-23(35(42-29)47-3)16-37-17-24-9-12-31(44)40-24/h4-8,10-11,13-15,24-25,37H,9,12,16-20H2,1-3H3,(H,40,44)(H,41,45). The Hall–Kier alpha value is -4.42. The SMILES string of the molecule is COc1nc(-c2ccnc(-c3cccc(NC(=O)c4ccc(CN5CC(OC)C5)cn4)c3C)c2Cl)ccc1CNCC1CCC(=O)N1. The zero-order chi connectivity index (χ0) is 32.9. The summed E-state index contributed by atoms with van der Waals surface area (Å²) in [5.41, 5.74) is 6.44. The summed E-state index contributed by atoms with van der Waals surface area (Å²) in [4.78, 5) is 40.7. The Balaban J connectivity index is 1.15. The average Bonchev–Trinajstić information content (AvgIpc) is 3.48.